The number of hydrogen-bond acceptors (Lipinski definition) is 3. The Morgan fingerprint density at radius 2 is 2.21 bits per heavy atom. The second-order valence-electron chi connectivity index (χ2n) is 2.98. The van der Waals surface area contributed by atoms with Crippen LogP contribution in [-0.2, 0) is 0 Å². The summed E-state index contributed by atoms with van der Waals surface area (Å²) in [6.45, 7) is 0. The van der Waals surface area contributed by atoms with Crippen LogP contribution in [0.2, 0.25) is 0 Å². The van der Waals surface area contributed by atoms with Crippen LogP contribution in [0.25, 0.3) is 11.0 Å². The highest BCUT2D eigenvalue weighted by atomic mass is 32.2. The van der Waals surface area contributed by atoms with E-state index in [1.54, 1.807) is 11.8 Å². The number of H-pyrrole nitrogens is 1. The van der Waals surface area contributed by atoms with Crippen molar-refractivity contribution in [1.29, 1.82) is 0 Å². The molecule has 0 saturated heterocycles. The minimum Gasteiger partial charge on any atom is -0.333 e. The number of aromatic amines is 1. The molecule has 1 aromatic heterocycles. The Balaban J connectivity index is 2.11. The van der Waals surface area contributed by atoms with Gasteiger partial charge in [-0.1, -0.05) is 23.9 Å². The van der Waals surface area contributed by atoms with Crippen LogP contribution >= 0.6 is 24.4 Å². The van der Waals surface area contributed by atoms with Gasteiger partial charge in [0.2, 0.25) is 0 Å². The van der Waals surface area contributed by atoms with Crippen LogP contribution in [0.1, 0.15) is 6.42 Å². The molecule has 74 valence electrons. The summed E-state index contributed by atoms with van der Waals surface area (Å²) in [5.74, 6) is 2.01. The summed E-state index contributed by atoms with van der Waals surface area (Å²) in [5, 5.41) is 1.01. The van der Waals surface area contributed by atoms with Crippen molar-refractivity contribution in [2.24, 2.45) is 0 Å². The van der Waals surface area contributed by atoms with Gasteiger partial charge in [0, 0.05) is 5.75 Å². The molecule has 1 N–H and O–H groups in total. The lowest BCUT2D eigenvalue weighted by Crippen LogP contribution is -1.81. The lowest BCUT2D eigenvalue weighted by Gasteiger charge is -1.93. The largest absolute Gasteiger partial charge is 0.333 e. The number of fused-ring (bicyclic) bond motifs is 1. The quantitative estimate of drug-likeness (QED) is 0.475. The molecule has 2 rings (SSSR count). The van der Waals surface area contributed by atoms with Crippen LogP contribution < -0.4 is 0 Å². The molecule has 0 bridgehead atoms. The number of thioether (sulfide) groups is 1. The van der Waals surface area contributed by atoms with E-state index >= 15 is 0 Å². The van der Waals surface area contributed by atoms with Gasteiger partial charge in [-0.05, 0) is 24.3 Å². The topological polar surface area (TPSA) is 28.7 Å². The Morgan fingerprint density at radius 1 is 1.36 bits per heavy atom. The normalized spacial score (nSPS) is 10.9. The number of thiol groups is 1. The van der Waals surface area contributed by atoms with Crippen LogP contribution in [0.4, 0.5) is 0 Å². The molecule has 0 aliphatic rings. The molecule has 2 nitrogen and oxygen atoms in total. The number of nitrogens with one attached hydrogen (secondary N) is 1. The Kier molecular flexibility index (Phi) is 3.37. The molecule has 0 spiro atoms. The lowest BCUT2D eigenvalue weighted by molar-refractivity contribution is 1.06. The van der Waals surface area contributed by atoms with E-state index in [4.69, 9.17) is 0 Å². The minimum atomic E-state index is 0.938. The molecule has 1 heterocycles. The highest BCUT2D eigenvalue weighted by Gasteiger charge is 2.01. The van der Waals surface area contributed by atoms with Crippen LogP contribution in [0.15, 0.2) is 29.4 Å². The first kappa shape index (κ1) is 9.93. The van der Waals surface area contributed by atoms with E-state index in [1.807, 2.05) is 24.3 Å². The summed E-state index contributed by atoms with van der Waals surface area (Å²) >= 11 is 5.93. The highest BCUT2D eigenvalue weighted by molar-refractivity contribution is 7.99. The third-order valence-electron chi connectivity index (χ3n) is 1.91. The Morgan fingerprint density at radius 3 is 3.00 bits per heavy atom. The average molecular weight is 224 g/mol. The number of benzene rings is 1. The molecule has 0 saturated carbocycles. The molecule has 0 fully saturated rings. The van der Waals surface area contributed by atoms with E-state index < -0.39 is 0 Å². The molecular formula is C10H12N2S2. The van der Waals surface area contributed by atoms with Crippen LogP contribution in [0, 0.1) is 0 Å². The maximum Gasteiger partial charge on any atom is 0.166 e. The smallest absolute Gasteiger partial charge is 0.166 e. The number of hydrogen-bond donors (Lipinski definition) is 2. The molecular weight excluding hydrogens is 212 g/mol. The summed E-state index contributed by atoms with van der Waals surface area (Å²) < 4.78 is 0. The van der Waals surface area contributed by atoms with Gasteiger partial charge < -0.3 is 4.98 Å². The zero-order valence-electron chi connectivity index (χ0n) is 7.73. The Bertz CT molecular complexity index is 378. The third-order valence-corrected chi connectivity index (χ3v) is 3.18. The molecule has 0 atom stereocenters. The van der Waals surface area contributed by atoms with E-state index in [2.05, 4.69) is 22.6 Å². The summed E-state index contributed by atoms with van der Waals surface area (Å²) in [7, 11) is 0. The number of rotatable bonds is 4. The second kappa shape index (κ2) is 4.75. The monoisotopic (exact) mass is 224 g/mol. The van der Waals surface area contributed by atoms with Gasteiger partial charge in [-0.15, -0.1) is 0 Å². The number of aromatic nitrogens is 2. The molecule has 0 radical (unpaired) electrons. The molecule has 4 heteroatoms. The van der Waals surface area contributed by atoms with Crippen molar-refractivity contribution in [2.75, 3.05) is 11.5 Å². The van der Waals surface area contributed by atoms with E-state index in [0.717, 1.165) is 34.1 Å². The molecule has 0 aliphatic carbocycles. The molecule has 14 heavy (non-hydrogen) atoms. The number of para-hydroxylation sites is 2. The van der Waals surface area contributed by atoms with Gasteiger partial charge in [0.1, 0.15) is 0 Å². The summed E-state index contributed by atoms with van der Waals surface area (Å²) in [5.41, 5.74) is 2.15. The molecule has 2 aromatic rings. The van der Waals surface area contributed by atoms with E-state index in [1.165, 1.54) is 0 Å². The van der Waals surface area contributed by atoms with Crippen molar-refractivity contribution in [2.45, 2.75) is 11.6 Å². The summed E-state index contributed by atoms with van der Waals surface area (Å²) in [6.07, 6.45) is 1.12. The fraction of sp³-hybridized carbons (Fsp3) is 0.300. The predicted octanol–water partition coefficient (Wildman–Crippen LogP) is 2.97. The van der Waals surface area contributed by atoms with Gasteiger partial charge in [-0.3, -0.25) is 0 Å². The Hall–Kier alpha value is -0.610. The lowest BCUT2D eigenvalue weighted by atomic mass is 10.3. The van der Waals surface area contributed by atoms with E-state index in [0.29, 0.717) is 0 Å². The van der Waals surface area contributed by atoms with Gasteiger partial charge in [-0.25, -0.2) is 4.98 Å². The first-order valence-electron chi connectivity index (χ1n) is 4.58. The molecule has 0 aliphatic heterocycles. The third kappa shape index (κ3) is 2.25. The maximum absolute atomic E-state index is 4.47. The van der Waals surface area contributed by atoms with Crippen molar-refractivity contribution in [3.8, 4) is 0 Å². The van der Waals surface area contributed by atoms with E-state index in [9.17, 15) is 0 Å². The average Bonchev–Trinajstić information content (AvgIpc) is 2.60. The molecule has 1 aromatic carbocycles. The first-order chi connectivity index (χ1) is 6.90. The van der Waals surface area contributed by atoms with E-state index in [-0.39, 0.29) is 0 Å². The minimum absolute atomic E-state index is 0.938. The number of nitrogens with zero attached hydrogens (tertiary/aromatic N) is 1. The molecule has 0 unspecified atom stereocenters. The predicted molar refractivity (Wildman–Crippen MR) is 65.3 cm³/mol. The standard InChI is InChI=1S/C10H12N2S2/c13-6-3-7-14-10-11-8-4-1-2-5-9(8)12-10/h1-2,4-5,13H,3,6-7H2,(H,11,12). The van der Waals surface area contributed by atoms with Crippen molar-refractivity contribution >= 4 is 35.4 Å². The van der Waals surface area contributed by atoms with Crippen LogP contribution in [-0.4, -0.2) is 21.5 Å². The van der Waals surface area contributed by atoms with Crippen molar-refractivity contribution < 1.29 is 0 Å². The highest BCUT2D eigenvalue weighted by Crippen LogP contribution is 2.19. The van der Waals surface area contributed by atoms with Gasteiger partial charge in [0.25, 0.3) is 0 Å². The zero-order valence-corrected chi connectivity index (χ0v) is 9.44. The maximum atomic E-state index is 4.47. The first-order valence-corrected chi connectivity index (χ1v) is 6.20. The van der Waals surface area contributed by atoms with Crippen LogP contribution in [0.5, 0.6) is 0 Å². The number of imidazole rings is 1. The fourth-order valence-corrected chi connectivity index (χ4v) is 2.43. The molecule has 0 amide bonds. The van der Waals surface area contributed by atoms with Gasteiger partial charge in [0.05, 0.1) is 11.0 Å². The Labute approximate surface area is 92.9 Å². The second-order valence-corrected chi connectivity index (χ2v) is 4.52. The van der Waals surface area contributed by atoms with Gasteiger partial charge >= 0.3 is 0 Å². The SMILES string of the molecule is SCCCSc1nc2ccccc2[nH]1. The summed E-state index contributed by atoms with van der Waals surface area (Å²) in [4.78, 5) is 7.75. The van der Waals surface area contributed by atoms with Crippen molar-refractivity contribution in [3.63, 3.8) is 0 Å². The van der Waals surface area contributed by atoms with Gasteiger partial charge in [0.15, 0.2) is 5.16 Å². The van der Waals surface area contributed by atoms with Crippen molar-refractivity contribution in [3.05, 3.63) is 24.3 Å². The summed E-state index contributed by atoms with van der Waals surface area (Å²) in [6, 6.07) is 8.09. The van der Waals surface area contributed by atoms with Gasteiger partial charge in [-0.2, -0.15) is 12.6 Å². The van der Waals surface area contributed by atoms with Crippen LogP contribution in [0.3, 0.4) is 0 Å². The fourth-order valence-electron chi connectivity index (χ4n) is 1.23. The zero-order chi connectivity index (χ0) is 9.80. The van der Waals surface area contributed by atoms with Crippen molar-refractivity contribution in [1.82, 2.24) is 9.97 Å².